The zero-order valence-electron chi connectivity index (χ0n) is 17.3. The third-order valence-electron chi connectivity index (χ3n) is 4.33. The molecule has 31 heavy (non-hydrogen) atoms. The second-order valence-electron chi connectivity index (χ2n) is 6.60. The largest absolute Gasteiger partial charge is 0.496 e. The number of thiocarbonyl (C=S) groups is 1. The molecule has 0 spiro atoms. The third kappa shape index (κ3) is 7.48. The van der Waals surface area contributed by atoms with Crippen molar-refractivity contribution in [3.63, 3.8) is 0 Å². The molecule has 0 aliphatic heterocycles. The molecule has 2 aromatic carbocycles. The van der Waals surface area contributed by atoms with E-state index in [9.17, 15) is 14.9 Å². The molecule has 10 heteroatoms. The lowest BCUT2D eigenvalue weighted by Gasteiger charge is -2.12. The Balaban J connectivity index is 1.98. The van der Waals surface area contributed by atoms with Crippen LogP contribution in [-0.4, -0.2) is 29.7 Å². The number of nitro benzene ring substituents is 1. The van der Waals surface area contributed by atoms with Crippen molar-refractivity contribution >= 4 is 50.5 Å². The molecular weight excluding hydrogens is 486 g/mol. The lowest BCUT2D eigenvalue weighted by Crippen LogP contribution is -2.34. The average Bonchev–Trinajstić information content (AvgIpc) is 2.74. The number of methoxy groups -OCH3 is 1. The first kappa shape index (κ1) is 24.5. The van der Waals surface area contributed by atoms with Crippen LogP contribution in [-0.2, 0) is 0 Å². The van der Waals surface area contributed by atoms with Gasteiger partial charge in [-0.1, -0.05) is 26.2 Å². The number of hydrogen-bond acceptors (Lipinski definition) is 6. The molecule has 0 aromatic heterocycles. The Hall–Kier alpha value is -2.72. The van der Waals surface area contributed by atoms with Crippen LogP contribution in [0, 0.1) is 10.1 Å². The predicted octanol–water partition coefficient (Wildman–Crippen LogP) is 5.45. The van der Waals surface area contributed by atoms with Crippen LogP contribution in [0.1, 0.15) is 43.0 Å². The first-order valence-electron chi connectivity index (χ1n) is 9.72. The number of carbonyl (C=O) groups excluding carboxylic acids is 1. The van der Waals surface area contributed by atoms with Crippen molar-refractivity contribution in [1.29, 1.82) is 0 Å². The fraction of sp³-hybridized carbons (Fsp3) is 0.333. The van der Waals surface area contributed by atoms with Crippen LogP contribution < -0.4 is 20.1 Å². The van der Waals surface area contributed by atoms with Gasteiger partial charge in [-0.25, -0.2) is 0 Å². The van der Waals surface area contributed by atoms with E-state index >= 15 is 0 Å². The van der Waals surface area contributed by atoms with E-state index in [-0.39, 0.29) is 16.5 Å². The summed E-state index contributed by atoms with van der Waals surface area (Å²) in [5.74, 6) is 0.538. The lowest BCUT2D eigenvalue weighted by atomic mass is 10.2. The van der Waals surface area contributed by atoms with E-state index in [2.05, 4.69) is 33.5 Å². The molecule has 0 saturated heterocycles. The average molecular weight is 510 g/mol. The summed E-state index contributed by atoms with van der Waals surface area (Å²) in [5.41, 5.74) is 0.279. The third-order valence-corrected chi connectivity index (χ3v) is 5.15. The van der Waals surface area contributed by atoms with Gasteiger partial charge in [-0.15, -0.1) is 0 Å². The molecule has 0 fully saturated rings. The van der Waals surface area contributed by atoms with Crippen molar-refractivity contribution in [2.45, 2.75) is 32.6 Å². The number of unbranched alkanes of at least 4 members (excludes halogenated alkanes) is 3. The van der Waals surface area contributed by atoms with Gasteiger partial charge < -0.3 is 14.8 Å². The van der Waals surface area contributed by atoms with Crippen LogP contribution in [0.25, 0.3) is 0 Å². The van der Waals surface area contributed by atoms with Gasteiger partial charge in [0.25, 0.3) is 11.6 Å². The Kier molecular flexibility index (Phi) is 9.67. The summed E-state index contributed by atoms with van der Waals surface area (Å²) < 4.78 is 11.4. The number of nitrogens with zero attached hydrogens (tertiary/aromatic N) is 1. The van der Waals surface area contributed by atoms with Gasteiger partial charge in [0, 0.05) is 5.56 Å². The van der Waals surface area contributed by atoms with Gasteiger partial charge in [0.1, 0.15) is 17.2 Å². The van der Waals surface area contributed by atoms with Gasteiger partial charge in [0.15, 0.2) is 5.11 Å². The van der Waals surface area contributed by atoms with Gasteiger partial charge >= 0.3 is 0 Å². The first-order valence-corrected chi connectivity index (χ1v) is 10.9. The summed E-state index contributed by atoms with van der Waals surface area (Å²) in [6, 6.07) is 9.25. The smallest absolute Gasteiger partial charge is 0.296 e. The molecule has 166 valence electrons. The number of anilines is 1. The van der Waals surface area contributed by atoms with Crippen molar-refractivity contribution < 1.29 is 19.2 Å². The van der Waals surface area contributed by atoms with E-state index in [1.807, 2.05) is 0 Å². The first-order chi connectivity index (χ1) is 14.8. The number of benzene rings is 2. The second kappa shape index (κ2) is 12.2. The fourth-order valence-electron chi connectivity index (χ4n) is 2.69. The van der Waals surface area contributed by atoms with E-state index in [1.54, 1.807) is 24.3 Å². The molecule has 1 amide bonds. The highest BCUT2D eigenvalue weighted by atomic mass is 79.9. The highest BCUT2D eigenvalue weighted by Gasteiger charge is 2.17. The van der Waals surface area contributed by atoms with Gasteiger partial charge in [-0.05, 0) is 64.9 Å². The number of nitrogens with one attached hydrogen (secondary N) is 2. The predicted molar refractivity (Wildman–Crippen MR) is 127 cm³/mol. The minimum atomic E-state index is -0.562. The molecule has 0 aliphatic rings. The monoisotopic (exact) mass is 509 g/mol. The molecule has 0 saturated carbocycles. The summed E-state index contributed by atoms with van der Waals surface area (Å²) in [6.07, 6.45) is 4.43. The van der Waals surface area contributed by atoms with Crippen molar-refractivity contribution in [2.75, 3.05) is 19.0 Å². The normalized spacial score (nSPS) is 10.3. The highest BCUT2D eigenvalue weighted by Crippen LogP contribution is 2.29. The van der Waals surface area contributed by atoms with E-state index in [1.165, 1.54) is 25.7 Å². The number of carbonyl (C=O) groups is 1. The minimum absolute atomic E-state index is 0.0642. The SMILES string of the molecule is CCCCCCOc1ccc(C(=O)NC(=S)Nc2ccc(OC)cc2[N+](=O)[O-])cc1Br. The Labute approximate surface area is 194 Å². The number of nitro groups is 1. The molecule has 8 nitrogen and oxygen atoms in total. The number of amides is 1. The molecular formula is C21H24BrN3O5S. The zero-order valence-corrected chi connectivity index (χ0v) is 19.7. The molecule has 2 aromatic rings. The molecule has 0 heterocycles. The maximum absolute atomic E-state index is 12.5. The van der Waals surface area contributed by atoms with Crippen LogP contribution >= 0.6 is 28.1 Å². The van der Waals surface area contributed by atoms with Crippen LogP contribution in [0.3, 0.4) is 0 Å². The van der Waals surface area contributed by atoms with Crippen LogP contribution in [0.2, 0.25) is 0 Å². The fourth-order valence-corrected chi connectivity index (χ4v) is 3.39. The Morgan fingerprint density at radius 2 is 1.97 bits per heavy atom. The molecule has 0 atom stereocenters. The van der Waals surface area contributed by atoms with Crippen LogP contribution in [0.15, 0.2) is 40.9 Å². The van der Waals surface area contributed by atoms with Crippen molar-refractivity contribution in [3.05, 3.63) is 56.5 Å². The minimum Gasteiger partial charge on any atom is -0.496 e. The van der Waals surface area contributed by atoms with Gasteiger partial charge in [0.05, 0.1) is 29.2 Å². The molecule has 0 unspecified atom stereocenters. The maximum atomic E-state index is 12.5. The van der Waals surface area contributed by atoms with Crippen molar-refractivity contribution in [1.82, 2.24) is 5.32 Å². The number of halogens is 1. The summed E-state index contributed by atoms with van der Waals surface area (Å²) >= 11 is 8.55. The maximum Gasteiger partial charge on any atom is 0.296 e. The van der Waals surface area contributed by atoms with Crippen molar-refractivity contribution in [2.24, 2.45) is 0 Å². The standard InChI is InChI=1S/C21H24BrN3O5S/c1-3-4-5-6-11-30-19-10-7-14(12-16(19)22)20(26)24-21(31)23-17-9-8-15(29-2)13-18(17)25(27)28/h7-10,12-13H,3-6,11H2,1-2H3,(H2,23,24,26,31). The van der Waals surface area contributed by atoms with Gasteiger partial charge in [-0.3, -0.25) is 20.2 Å². The zero-order chi connectivity index (χ0) is 22.8. The molecule has 0 aliphatic carbocycles. The molecule has 2 N–H and O–H groups in total. The van der Waals surface area contributed by atoms with E-state index in [0.717, 1.165) is 19.3 Å². The lowest BCUT2D eigenvalue weighted by molar-refractivity contribution is -0.384. The van der Waals surface area contributed by atoms with E-state index in [0.29, 0.717) is 28.1 Å². The topological polar surface area (TPSA) is 103 Å². The Bertz CT molecular complexity index is 955. The highest BCUT2D eigenvalue weighted by molar-refractivity contribution is 9.10. The van der Waals surface area contributed by atoms with Crippen molar-refractivity contribution in [3.8, 4) is 11.5 Å². The number of hydrogen-bond donors (Lipinski definition) is 2. The molecule has 2 rings (SSSR count). The second-order valence-corrected chi connectivity index (χ2v) is 7.87. The summed E-state index contributed by atoms with van der Waals surface area (Å²) in [4.78, 5) is 23.2. The van der Waals surface area contributed by atoms with E-state index in [4.69, 9.17) is 21.7 Å². The quantitative estimate of drug-likeness (QED) is 0.190. The number of ether oxygens (including phenoxy) is 2. The van der Waals surface area contributed by atoms with Gasteiger partial charge in [-0.2, -0.15) is 0 Å². The Morgan fingerprint density at radius 3 is 2.61 bits per heavy atom. The Morgan fingerprint density at radius 1 is 1.19 bits per heavy atom. The van der Waals surface area contributed by atoms with E-state index < -0.39 is 10.8 Å². The molecule has 0 bridgehead atoms. The molecule has 0 radical (unpaired) electrons. The summed E-state index contributed by atoms with van der Waals surface area (Å²) in [7, 11) is 1.41. The van der Waals surface area contributed by atoms with Gasteiger partial charge in [0.2, 0.25) is 0 Å². The number of rotatable bonds is 10. The summed E-state index contributed by atoms with van der Waals surface area (Å²) in [6.45, 7) is 2.76. The summed E-state index contributed by atoms with van der Waals surface area (Å²) in [5, 5.41) is 16.4. The van der Waals surface area contributed by atoms with Crippen LogP contribution in [0.5, 0.6) is 11.5 Å². The van der Waals surface area contributed by atoms with Crippen LogP contribution in [0.4, 0.5) is 11.4 Å².